The number of anilines is 4. The Labute approximate surface area is 166 Å². The lowest BCUT2D eigenvalue weighted by Crippen LogP contribution is -2.18. The van der Waals surface area contributed by atoms with Gasteiger partial charge < -0.3 is 19.7 Å². The van der Waals surface area contributed by atoms with Crippen molar-refractivity contribution in [3.05, 3.63) is 59.9 Å². The number of hydrogen-bond acceptors (Lipinski definition) is 6. The number of nitrogens with zero attached hydrogens (tertiary/aromatic N) is 3. The van der Waals surface area contributed by atoms with Gasteiger partial charge in [-0.1, -0.05) is 12.1 Å². The van der Waals surface area contributed by atoms with Crippen LogP contribution in [0.3, 0.4) is 0 Å². The van der Waals surface area contributed by atoms with Crippen LogP contribution in [0.15, 0.2) is 48.5 Å². The quantitative estimate of drug-likeness (QED) is 0.623. The molecule has 1 aromatic heterocycles. The van der Waals surface area contributed by atoms with Gasteiger partial charge in [-0.25, -0.2) is 9.97 Å². The minimum absolute atomic E-state index is 0.661. The van der Waals surface area contributed by atoms with Crippen molar-refractivity contribution in [1.82, 2.24) is 9.97 Å². The van der Waals surface area contributed by atoms with Crippen LogP contribution in [0.5, 0.6) is 11.5 Å². The zero-order valence-corrected chi connectivity index (χ0v) is 17.0. The number of methoxy groups -OCH3 is 2. The van der Waals surface area contributed by atoms with E-state index in [-0.39, 0.29) is 0 Å². The number of aromatic nitrogens is 2. The van der Waals surface area contributed by atoms with Crippen molar-refractivity contribution in [2.75, 3.05) is 31.0 Å². The maximum atomic E-state index is 5.38. The summed E-state index contributed by atoms with van der Waals surface area (Å²) < 4.78 is 10.7. The summed E-state index contributed by atoms with van der Waals surface area (Å²) >= 11 is 0. The van der Waals surface area contributed by atoms with E-state index in [1.54, 1.807) is 14.2 Å². The molecule has 6 nitrogen and oxygen atoms in total. The average molecular weight is 378 g/mol. The van der Waals surface area contributed by atoms with E-state index < -0.39 is 0 Å². The van der Waals surface area contributed by atoms with Crippen molar-refractivity contribution >= 4 is 23.0 Å². The SMILES string of the molecule is CCN(c1cccc(C)c1)c1cc(Nc2ccc(OC)c(OC)c2)nc(C)n1. The van der Waals surface area contributed by atoms with Crippen LogP contribution in [0.1, 0.15) is 18.3 Å². The van der Waals surface area contributed by atoms with Crippen LogP contribution < -0.4 is 19.7 Å². The molecule has 3 rings (SSSR count). The van der Waals surface area contributed by atoms with Crippen LogP contribution in [0.25, 0.3) is 0 Å². The van der Waals surface area contributed by atoms with Gasteiger partial charge in [0.15, 0.2) is 11.5 Å². The van der Waals surface area contributed by atoms with Gasteiger partial charge in [0.2, 0.25) is 0 Å². The van der Waals surface area contributed by atoms with E-state index in [4.69, 9.17) is 9.47 Å². The van der Waals surface area contributed by atoms with E-state index in [0.29, 0.717) is 17.3 Å². The lowest BCUT2D eigenvalue weighted by Gasteiger charge is -2.23. The molecule has 0 aliphatic rings. The molecule has 0 saturated carbocycles. The van der Waals surface area contributed by atoms with E-state index in [2.05, 4.69) is 58.3 Å². The molecule has 3 aromatic rings. The zero-order chi connectivity index (χ0) is 20.1. The fourth-order valence-corrected chi connectivity index (χ4v) is 3.09. The summed E-state index contributed by atoms with van der Waals surface area (Å²) in [6.45, 7) is 6.90. The molecule has 1 N–H and O–H groups in total. The minimum Gasteiger partial charge on any atom is -0.493 e. The molecule has 0 saturated heterocycles. The molecule has 2 aromatic carbocycles. The van der Waals surface area contributed by atoms with Gasteiger partial charge in [0.1, 0.15) is 17.5 Å². The largest absolute Gasteiger partial charge is 0.493 e. The number of rotatable bonds is 7. The molecule has 0 aliphatic heterocycles. The van der Waals surface area contributed by atoms with Gasteiger partial charge >= 0.3 is 0 Å². The fourth-order valence-electron chi connectivity index (χ4n) is 3.09. The summed E-state index contributed by atoms with van der Waals surface area (Å²) in [5.41, 5.74) is 3.18. The molecule has 0 radical (unpaired) electrons. The normalized spacial score (nSPS) is 10.5. The number of benzene rings is 2. The van der Waals surface area contributed by atoms with E-state index in [1.807, 2.05) is 31.2 Å². The van der Waals surface area contributed by atoms with Crippen LogP contribution >= 0.6 is 0 Å². The average Bonchev–Trinajstić information content (AvgIpc) is 2.68. The topological polar surface area (TPSA) is 59.5 Å². The van der Waals surface area contributed by atoms with Gasteiger partial charge in [0.05, 0.1) is 14.2 Å². The first-order valence-corrected chi connectivity index (χ1v) is 9.23. The number of ether oxygens (including phenoxy) is 2. The van der Waals surface area contributed by atoms with Crippen molar-refractivity contribution in [2.24, 2.45) is 0 Å². The summed E-state index contributed by atoms with van der Waals surface area (Å²) in [7, 11) is 3.24. The Bertz CT molecular complexity index is 959. The smallest absolute Gasteiger partial charge is 0.162 e. The molecule has 0 fully saturated rings. The molecular weight excluding hydrogens is 352 g/mol. The third-order valence-corrected chi connectivity index (χ3v) is 4.39. The monoisotopic (exact) mass is 378 g/mol. The molecular formula is C22H26N4O2. The summed E-state index contributed by atoms with van der Waals surface area (Å²) in [6, 6.07) is 16.0. The second-order valence-electron chi connectivity index (χ2n) is 6.44. The Hall–Kier alpha value is -3.28. The van der Waals surface area contributed by atoms with Gasteiger partial charge in [0.25, 0.3) is 0 Å². The molecule has 1 heterocycles. The van der Waals surface area contributed by atoms with Crippen molar-refractivity contribution in [1.29, 1.82) is 0 Å². The predicted molar refractivity (Wildman–Crippen MR) is 113 cm³/mol. The third kappa shape index (κ3) is 4.34. The lowest BCUT2D eigenvalue weighted by molar-refractivity contribution is 0.355. The first-order chi connectivity index (χ1) is 13.5. The predicted octanol–water partition coefficient (Wildman–Crippen LogP) is 5.01. The number of aryl methyl sites for hydroxylation is 2. The molecule has 0 unspecified atom stereocenters. The summed E-state index contributed by atoms with van der Waals surface area (Å²) in [6.07, 6.45) is 0. The molecule has 6 heteroatoms. The molecule has 146 valence electrons. The van der Waals surface area contributed by atoms with Gasteiger partial charge in [-0.15, -0.1) is 0 Å². The van der Waals surface area contributed by atoms with E-state index >= 15 is 0 Å². The van der Waals surface area contributed by atoms with Crippen molar-refractivity contribution in [3.63, 3.8) is 0 Å². The molecule has 0 spiro atoms. The summed E-state index contributed by atoms with van der Waals surface area (Å²) in [5.74, 6) is 3.62. The minimum atomic E-state index is 0.661. The third-order valence-electron chi connectivity index (χ3n) is 4.39. The Morgan fingerprint density at radius 3 is 2.39 bits per heavy atom. The molecule has 0 bridgehead atoms. The molecule has 0 amide bonds. The van der Waals surface area contributed by atoms with E-state index in [0.717, 1.165) is 29.6 Å². The highest BCUT2D eigenvalue weighted by Crippen LogP contribution is 2.32. The molecule has 28 heavy (non-hydrogen) atoms. The van der Waals surface area contributed by atoms with Crippen molar-refractivity contribution < 1.29 is 9.47 Å². The van der Waals surface area contributed by atoms with Crippen molar-refractivity contribution in [3.8, 4) is 11.5 Å². The molecule has 0 atom stereocenters. The number of hydrogen-bond donors (Lipinski definition) is 1. The highest BCUT2D eigenvalue weighted by Gasteiger charge is 2.12. The summed E-state index contributed by atoms with van der Waals surface area (Å²) in [4.78, 5) is 11.3. The summed E-state index contributed by atoms with van der Waals surface area (Å²) in [5, 5.41) is 3.34. The van der Waals surface area contributed by atoms with Crippen LogP contribution in [0.4, 0.5) is 23.0 Å². The number of nitrogens with one attached hydrogen (secondary N) is 1. The van der Waals surface area contributed by atoms with Crippen LogP contribution in [-0.2, 0) is 0 Å². The van der Waals surface area contributed by atoms with Gasteiger partial charge in [0, 0.05) is 30.1 Å². The fraction of sp³-hybridized carbons (Fsp3) is 0.273. The highest BCUT2D eigenvalue weighted by atomic mass is 16.5. The second kappa shape index (κ2) is 8.61. The Balaban J connectivity index is 1.93. The molecule has 0 aliphatic carbocycles. The maximum Gasteiger partial charge on any atom is 0.162 e. The van der Waals surface area contributed by atoms with Gasteiger partial charge in [-0.3, -0.25) is 0 Å². The van der Waals surface area contributed by atoms with E-state index in [9.17, 15) is 0 Å². The highest BCUT2D eigenvalue weighted by molar-refractivity contribution is 5.67. The van der Waals surface area contributed by atoms with Crippen molar-refractivity contribution in [2.45, 2.75) is 20.8 Å². The first kappa shape index (κ1) is 19.5. The second-order valence-corrected chi connectivity index (χ2v) is 6.44. The zero-order valence-electron chi connectivity index (χ0n) is 17.0. The van der Waals surface area contributed by atoms with E-state index in [1.165, 1.54) is 5.56 Å². The lowest BCUT2D eigenvalue weighted by atomic mass is 10.2. The Kier molecular flexibility index (Phi) is 5.99. The first-order valence-electron chi connectivity index (χ1n) is 9.23. The van der Waals surface area contributed by atoms with Crippen LogP contribution in [-0.4, -0.2) is 30.7 Å². The van der Waals surface area contributed by atoms with Gasteiger partial charge in [-0.05, 0) is 50.6 Å². The van der Waals surface area contributed by atoms with Crippen LogP contribution in [0, 0.1) is 13.8 Å². The standard InChI is InChI=1S/C22H26N4O2/c1-6-26(18-9-7-8-15(2)12-18)22-14-21(23-16(3)24-22)25-17-10-11-19(27-4)20(13-17)28-5/h7-14H,6H2,1-5H3,(H,23,24,25). The maximum absolute atomic E-state index is 5.38. The van der Waals surface area contributed by atoms with Crippen LogP contribution in [0.2, 0.25) is 0 Å². The Morgan fingerprint density at radius 2 is 1.71 bits per heavy atom. The Morgan fingerprint density at radius 1 is 0.929 bits per heavy atom. The van der Waals surface area contributed by atoms with Gasteiger partial charge in [-0.2, -0.15) is 0 Å².